The maximum Gasteiger partial charge on any atom is 0.253 e. The van der Waals surface area contributed by atoms with Gasteiger partial charge in [0.15, 0.2) is 0 Å². The molecular formula is C17H26N4O2. The number of nitrogens with two attached hydrogens (primary N) is 1. The third-order valence-corrected chi connectivity index (χ3v) is 4.44. The molecule has 1 aromatic rings. The molecule has 23 heavy (non-hydrogen) atoms. The number of pyridine rings is 1. The van der Waals surface area contributed by atoms with Crippen molar-refractivity contribution in [1.82, 2.24) is 15.2 Å². The third-order valence-electron chi connectivity index (χ3n) is 4.44. The van der Waals surface area contributed by atoms with Gasteiger partial charge in [-0.3, -0.25) is 14.6 Å². The first-order valence-electron chi connectivity index (χ1n) is 8.15. The molecule has 1 aliphatic heterocycles. The van der Waals surface area contributed by atoms with Crippen LogP contribution >= 0.6 is 0 Å². The number of carbonyl (C=O) groups is 2. The molecule has 1 aliphatic rings. The minimum atomic E-state index is -0.447. The zero-order valence-corrected chi connectivity index (χ0v) is 14.1. The number of hydrogen-bond donors (Lipinski definition) is 2. The molecule has 0 saturated carbocycles. The van der Waals surface area contributed by atoms with E-state index in [0.29, 0.717) is 24.6 Å². The highest BCUT2D eigenvalue weighted by molar-refractivity contribution is 5.94. The summed E-state index contributed by atoms with van der Waals surface area (Å²) in [4.78, 5) is 30.0. The minimum absolute atomic E-state index is 0.00553. The first kappa shape index (κ1) is 17.4. The Balaban J connectivity index is 1.86. The van der Waals surface area contributed by atoms with E-state index < -0.39 is 6.04 Å². The van der Waals surface area contributed by atoms with Crippen LogP contribution in [0.1, 0.15) is 42.6 Å². The van der Waals surface area contributed by atoms with Crippen LogP contribution in [0.25, 0.3) is 0 Å². The number of aryl methyl sites for hydroxylation is 1. The van der Waals surface area contributed by atoms with Crippen LogP contribution in [-0.2, 0) is 4.79 Å². The Labute approximate surface area is 137 Å². The molecule has 6 nitrogen and oxygen atoms in total. The smallest absolute Gasteiger partial charge is 0.253 e. The molecule has 1 saturated heterocycles. The summed E-state index contributed by atoms with van der Waals surface area (Å²) >= 11 is 0. The SMILES string of the molecule is Cc1cncc(C(=O)NC(C)C2CCN(C(=O)C(C)N)CC2)c1. The summed E-state index contributed by atoms with van der Waals surface area (Å²) in [5.74, 6) is 0.280. The van der Waals surface area contributed by atoms with E-state index in [1.165, 1.54) is 0 Å². The van der Waals surface area contributed by atoms with Gasteiger partial charge in [-0.15, -0.1) is 0 Å². The minimum Gasteiger partial charge on any atom is -0.349 e. The summed E-state index contributed by atoms with van der Waals surface area (Å²) in [7, 11) is 0. The van der Waals surface area contributed by atoms with E-state index >= 15 is 0 Å². The van der Waals surface area contributed by atoms with E-state index in [0.717, 1.165) is 18.4 Å². The fourth-order valence-corrected chi connectivity index (χ4v) is 2.99. The number of hydrogen-bond acceptors (Lipinski definition) is 4. The van der Waals surface area contributed by atoms with Crippen molar-refractivity contribution in [2.45, 2.75) is 45.7 Å². The Bertz CT molecular complexity index is 565. The predicted molar refractivity (Wildman–Crippen MR) is 88.9 cm³/mol. The first-order chi connectivity index (χ1) is 10.9. The Morgan fingerprint density at radius 3 is 2.52 bits per heavy atom. The average Bonchev–Trinajstić information content (AvgIpc) is 2.54. The quantitative estimate of drug-likeness (QED) is 0.870. The van der Waals surface area contributed by atoms with Gasteiger partial charge in [-0.05, 0) is 51.2 Å². The van der Waals surface area contributed by atoms with Crippen LogP contribution in [0.3, 0.4) is 0 Å². The van der Waals surface area contributed by atoms with Gasteiger partial charge in [0.25, 0.3) is 5.91 Å². The third kappa shape index (κ3) is 4.51. The molecule has 2 unspecified atom stereocenters. The second-order valence-electron chi connectivity index (χ2n) is 6.46. The fourth-order valence-electron chi connectivity index (χ4n) is 2.99. The van der Waals surface area contributed by atoms with Gasteiger partial charge in [-0.1, -0.05) is 0 Å². The summed E-state index contributed by atoms with van der Waals surface area (Å²) in [6, 6.07) is 1.45. The second kappa shape index (κ2) is 7.55. The Hall–Kier alpha value is -1.95. The molecule has 1 fully saturated rings. The van der Waals surface area contributed by atoms with Crippen molar-refractivity contribution in [3.63, 3.8) is 0 Å². The van der Waals surface area contributed by atoms with Crippen molar-refractivity contribution < 1.29 is 9.59 Å². The van der Waals surface area contributed by atoms with Crippen molar-refractivity contribution in [2.24, 2.45) is 11.7 Å². The predicted octanol–water partition coefficient (Wildman–Crippen LogP) is 1.09. The van der Waals surface area contributed by atoms with Crippen LogP contribution in [-0.4, -0.2) is 46.9 Å². The first-order valence-corrected chi connectivity index (χ1v) is 8.15. The number of rotatable bonds is 4. The van der Waals surface area contributed by atoms with E-state index in [9.17, 15) is 9.59 Å². The molecule has 6 heteroatoms. The van der Waals surface area contributed by atoms with Crippen molar-refractivity contribution >= 4 is 11.8 Å². The van der Waals surface area contributed by atoms with Gasteiger partial charge in [0.2, 0.25) is 5.91 Å². The van der Waals surface area contributed by atoms with Gasteiger partial charge < -0.3 is 16.0 Å². The van der Waals surface area contributed by atoms with E-state index in [1.54, 1.807) is 19.3 Å². The molecule has 2 atom stereocenters. The van der Waals surface area contributed by atoms with Gasteiger partial charge in [-0.2, -0.15) is 0 Å². The standard InChI is InChI=1S/C17H26N4O2/c1-11-8-15(10-19-9-11)16(22)20-13(3)14-4-6-21(7-5-14)17(23)12(2)18/h8-10,12-14H,4-7,18H2,1-3H3,(H,20,22). The molecule has 1 aromatic heterocycles. The van der Waals surface area contributed by atoms with Gasteiger partial charge in [0.05, 0.1) is 11.6 Å². The van der Waals surface area contributed by atoms with Crippen LogP contribution in [0.15, 0.2) is 18.5 Å². The van der Waals surface area contributed by atoms with Crippen LogP contribution < -0.4 is 11.1 Å². The number of aromatic nitrogens is 1. The number of nitrogens with one attached hydrogen (secondary N) is 1. The van der Waals surface area contributed by atoms with E-state index in [4.69, 9.17) is 5.73 Å². The monoisotopic (exact) mass is 318 g/mol. The lowest BCUT2D eigenvalue weighted by atomic mass is 9.90. The highest BCUT2D eigenvalue weighted by Gasteiger charge is 2.28. The molecule has 2 rings (SSSR count). The highest BCUT2D eigenvalue weighted by atomic mass is 16.2. The van der Waals surface area contributed by atoms with Gasteiger partial charge >= 0.3 is 0 Å². The Morgan fingerprint density at radius 2 is 1.96 bits per heavy atom. The zero-order chi connectivity index (χ0) is 17.0. The second-order valence-corrected chi connectivity index (χ2v) is 6.46. The molecule has 126 valence electrons. The summed E-state index contributed by atoms with van der Waals surface area (Å²) in [5.41, 5.74) is 7.20. The van der Waals surface area contributed by atoms with Gasteiger partial charge in [0.1, 0.15) is 0 Å². The van der Waals surface area contributed by atoms with E-state index in [1.807, 2.05) is 24.8 Å². The molecule has 0 aliphatic carbocycles. The molecule has 2 amide bonds. The van der Waals surface area contributed by atoms with E-state index in [2.05, 4.69) is 10.3 Å². The van der Waals surface area contributed by atoms with Gasteiger partial charge in [0, 0.05) is 31.5 Å². The topological polar surface area (TPSA) is 88.3 Å². The summed E-state index contributed by atoms with van der Waals surface area (Å²) < 4.78 is 0. The lowest BCUT2D eigenvalue weighted by molar-refractivity contribution is -0.133. The molecule has 0 aromatic carbocycles. The van der Waals surface area contributed by atoms with Crippen LogP contribution in [0.2, 0.25) is 0 Å². The largest absolute Gasteiger partial charge is 0.349 e. The van der Waals surface area contributed by atoms with Crippen molar-refractivity contribution in [3.05, 3.63) is 29.6 Å². The maximum absolute atomic E-state index is 12.3. The van der Waals surface area contributed by atoms with Gasteiger partial charge in [-0.25, -0.2) is 0 Å². The summed E-state index contributed by atoms with van der Waals surface area (Å²) in [6.45, 7) is 7.06. The van der Waals surface area contributed by atoms with Crippen molar-refractivity contribution in [2.75, 3.05) is 13.1 Å². The molecule has 0 radical (unpaired) electrons. The van der Waals surface area contributed by atoms with E-state index in [-0.39, 0.29) is 17.9 Å². The Morgan fingerprint density at radius 1 is 1.30 bits per heavy atom. The zero-order valence-electron chi connectivity index (χ0n) is 14.1. The Kier molecular flexibility index (Phi) is 5.71. The molecule has 0 bridgehead atoms. The lowest BCUT2D eigenvalue weighted by Gasteiger charge is -2.35. The number of nitrogens with zero attached hydrogens (tertiary/aromatic N) is 2. The summed E-state index contributed by atoms with van der Waals surface area (Å²) in [5, 5.41) is 3.05. The van der Waals surface area contributed by atoms with Crippen molar-refractivity contribution in [3.8, 4) is 0 Å². The molecule has 2 heterocycles. The number of likely N-dealkylation sites (tertiary alicyclic amines) is 1. The lowest BCUT2D eigenvalue weighted by Crippen LogP contribution is -2.49. The normalized spacial score (nSPS) is 18.3. The summed E-state index contributed by atoms with van der Waals surface area (Å²) in [6.07, 6.45) is 5.07. The fraction of sp³-hybridized carbons (Fsp3) is 0.588. The molecular weight excluding hydrogens is 292 g/mol. The average molecular weight is 318 g/mol. The number of piperidine rings is 1. The van der Waals surface area contributed by atoms with Crippen LogP contribution in [0, 0.1) is 12.8 Å². The van der Waals surface area contributed by atoms with Crippen LogP contribution in [0.5, 0.6) is 0 Å². The maximum atomic E-state index is 12.3. The highest BCUT2D eigenvalue weighted by Crippen LogP contribution is 2.21. The molecule has 0 spiro atoms. The number of carbonyl (C=O) groups excluding carboxylic acids is 2. The molecule has 3 N–H and O–H groups in total. The van der Waals surface area contributed by atoms with Crippen LogP contribution in [0.4, 0.5) is 0 Å². The van der Waals surface area contributed by atoms with Crippen molar-refractivity contribution in [1.29, 1.82) is 0 Å². The number of amides is 2.